The molecule has 2 aromatic rings. The molecule has 1 aromatic heterocycles. The van der Waals surface area contributed by atoms with E-state index in [1.54, 1.807) is 7.11 Å². The van der Waals surface area contributed by atoms with Gasteiger partial charge < -0.3 is 10.1 Å². The highest BCUT2D eigenvalue weighted by Gasteiger charge is 2.32. The number of methoxy groups -OCH3 is 1. The number of alkyl halides is 3. The van der Waals surface area contributed by atoms with E-state index in [0.717, 1.165) is 17.7 Å². The molecule has 8 heteroatoms. The lowest BCUT2D eigenvalue weighted by Crippen LogP contribution is -2.25. The Morgan fingerprint density at radius 3 is 2.60 bits per heavy atom. The van der Waals surface area contributed by atoms with Gasteiger partial charge in [0.2, 0.25) is 0 Å². The van der Waals surface area contributed by atoms with Crippen LogP contribution < -0.4 is 10.1 Å². The molecule has 0 saturated heterocycles. The number of halogens is 3. The summed E-state index contributed by atoms with van der Waals surface area (Å²) < 4.78 is 42.6. The van der Waals surface area contributed by atoms with E-state index in [2.05, 4.69) is 10.3 Å². The van der Waals surface area contributed by atoms with Crippen molar-refractivity contribution in [3.05, 3.63) is 53.7 Å². The van der Waals surface area contributed by atoms with Crippen molar-refractivity contribution in [3.8, 4) is 5.75 Å². The highest BCUT2D eigenvalue weighted by atomic mass is 32.2. The van der Waals surface area contributed by atoms with Crippen LogP contribution in [0.15, 0.2) is 47.6 Å². The fourth-order valence-electron chi connectivity index (χ4n) is 2.14. The van der Waals surface area contributed by atoms with Gasteiger partial charge in [0.05, 0.1) is 12.7 Å². The molecular formula is C17H17F3N2O2S. The van der Waals surface area contributed by atoms with Crippen LogP contribution in [0.25, 0.3) is 0 Å². The number of benzene rings is 1. The molecule has 0 atom stereocenters. The quantitative estimate of drug-likeness (QED) is 0.590. The van der Waals surface area contributed by atoms with Gasteiger partial charge in [-0.15, -0.1) is 0 Å². The van der Waals surface area contributed by atoms with E-state index in [4.69, 9.17) is 4.74 Å². The molecule has 1 heterocycles. The van der Waals surface area contributed by atoms with Gasteiger partial charge >= 0.3 is 5.51 Å². The van der Waals surface area contributed by atoms with E-state index in [-0.39, 0.29) is 22.4 Å². The van der Waals surface area contributed by atoms with E-state index in [1.807, 2.05) is 24.3 Å². The minimum Gasteiger partial charge on any atom is -0.497 e. The molecule has 0 aliphatic heterocycles. The van der Waals surface area contributed by atoms with Gasteiger partial charge in [-0.2, -0.15) is 13.2 Å². The summed E-state index contributed by atoms with van der Waals surface area (Å²) in [6.07, 6.45) is 2.64. The summed E-state index contributed by atoms with van der Waals surface area (Å²) in [7, 11) is 1.59. The minimum absolute atomic E-state index is 0.0747. The van der Waals surface area contributed by atoms with E-state index in [0.29, 0.717) is 13.0 Å². The summed E-state index contributed by atoms with van der Waals surface area (Å²) in [5, 5.41) is 2.29. The smallest absolute Gasteiger partial charge is 0.447 e. The summed E-state index contributed by atoms with van der Waals surface area (Å²) in [4.78, 5) is 15.7. The molecule has 1 amide bonds. The number of hydrogen-bond acceptors (Lipinski definition) is 4. The normalized spacial score (nSPS) is 11.2. The van der Waals surface area contributed by atoms with Crippen LogP contribution in [0, 0.1) is 0 Å². The second kappa shape index (κ2) is 8.75. The first-order valence-corrected chi connectivity index (χ1v) is 8.32. The van der Waals surface area contributed by atoms with Gasteiger partial charge in [0.25, 0.3) is 5.91 Å². The standard InChI is InChI=1S/C17H17F3N2O2S/c1-24-13-8-6-12(7-9-13)4-2-10-21-15(23)14-5-3-11-22-16(14)25-17(18,19)20/h3,5-9,11H,2,4,10H2,1H3,(H,21,23). The maximum Gasteiger partial charge on any atom is 0.447 e. The summed E-state index contributed by atoms with van der Waals surface area (Å²) in [5.74, 6) is 0.206. The second-order valence-corrected chi connectivity index (χ2v) is 6.17. The number of aromatic nitrogens is 1. The number of carbonyl (C=O) groups is 1. The Balaban J connectivity index is 1.86. The van der Waals surface area contributed by atoms with Gasteiger partial charge in [-0.05, 0) is 42.7 Å². The van der Waals surface area contributed by atoms with E-state index < -0.39 is 11.4 Å². The number of aryl methyl sites for hydroxylation is 1. The predicted octanol–water partition coefficient (Wildman–Crippen LogP) is 4.06. The van der Waals surface area contributed by atoms with Crippen molar-refractivity contribution >= 4 is 17.7 Å². The largest absolute Gasteiger partial charge is 0.497 e. The van der Waals surface area contributed by atoms with Crippen LogP contribution in [0.1, 0.15) is 22.3 Å². The van der Waals surface area contributed by atoms with Crippen molar-refractivity contribution in [1.29, 1.82) is 0 Å². The molecule has 0 bridgehead atoms. The van der Waals surface area contributed by atoms with E-state index >= 15 is 0 Å². The number of ether oxygens (including phenoxy) is 1. The molecule has 0 radical (unpaired) electrons. The Morgan fingerprint density at radius 2 is 1.96 bits per heavy atom. The van der Waals surface area contributed by atoms with Crippen molar-refractivity contribution < 1.29 is 22.7 Å². The van der Waals surface area contributed by atoms with Crippen LogP contribution in [0.4, 0.5) is 13.2 Å². The Labute approximate surface area is 147 Å². The van der Waals surface area contributed by atoms with Gasteiger partial charge in [-0.1, -0.05) is 12.1 Å². The predicted molar refractivity (Wildman–Crippen MR) is 89.8 cm³/mol. The number of nitrogens with one attached hydrogen (secondary N) is 1. The molecule has 0 aliphatic carbocycles. The first-order valence-electron chi connectivity index (χ1n) is 7.51. The Morgan fingerprint density at radius 1 is 1.24 bits per heavy atom. The maximum atomic E-state index is 12.5. The molecule has 0 unspecified atom stereocenters. The number of hydrogen-bond donors (Lipinski definition) is 1. The average molecular weight is 370 g/mol. The maximum absolute atomic E-state index is 12.5. The third-order valence-electron chi connectivity index (χ3n) is 3.32. The van der Waals surface area contributed by atoms with Crippen molar-refractivity contribution in [2.24, 2.45) is 0 Å². The minimum atomic E-state index is -4.49. The number of nitrogens with zero attached hydrogens (tertiary/aromatic N) is 1. The van der Waals surface area contributed by atoms with E-state index in [1.165, 1.54) is 18.3 Å². The summed E-state index contributed by atoms with van der Waals surface area (Å²) in [5.41, 5.74) is -3.48. The Bertz CT molecular complexity index is 706. The zero-order valence-corrected chi connectivity index (χ0v) is 14.3. The molecule has 0 aliphatic rings. The highest BCUT2D eigenvalue weighted by molar-refractivity contribution is 8.00. The second-order valence-electron chi connectivity index (χ2n) is 5.11. The lowest BCUT2D eigenvalue weighted by molar-refractivity contribution is -0.0329. The zero-order chi connectivity index (χ0) is 18.3. The number of thioether (sulfide) groups is 1. The van der Waals surface area contributed by atoms with Crippen LogP contribution in [-0.4, -0.2) is 30.1 Å². The Hall–Kier alpha value is -2.22. The fourth-order valence-corrected chi connectivity index (χ4v) is 2.74. The van der Waals surface area contributed by atoms with Crippen molar-refractivity contribution in [2.45, 2.75) is 23.4 Å². The number of rotatable bonds is 7. The molecule has 25 heavy (non-hydrogen) atoms. The first kappa shape index (κ1) is 19.1. The molecule has 134 valence electrons. The van der Waals surface area contributed by atoms with Crippen LogP contribution in [0.2, 0.25) is 0 Å². The third-order valence-corrected chi connectivity index (χ3v) is 4.07. The van der Waals surface area contributed by atoms with Crippen molar-refractivity contribution in [3.63, 3.8) is 0 Å². The van der Waals surface area contributed by atoms with Crippen molar-refractivity contribution in [1.82, 2.24) is 10.3 Å². The van der Waals surface area contributed by atoms with Gasteiger partial charge in [0.1, 0.15) is 10.8 Å². The van der Waals surface area contributed by atoms with Gasteiger partial charge in [-0.25, -0.2) is 4.98 Å². The average Bonchev–Trinajstić information content (AvgIpc) is 2.58. The monoisotopic (exact) mass is 370 g/mol. The SMILES string of the molecule is COc1ccc(CCCNC(=O)c2cccnc2SC(F)(F)F)cc1. The van der Waals surface area contributed by atoms with Crippen LogP contribution in [0.3, 0.4) is 0 Å². The van der Waals surface area contributed by atoms with Gasteiger partial charge in [0.15, 0.2) is 0 Å². The summed E-state index contributed by atoms with van der Waals surface area (Å²) in [6.45, 7) is 0.357. The molecule has 1 aromatic carbocycles. The van der Waals surface area contributed by atoms with E-state index in [9.17, 15) is 18.0 Å². The van der Waals surface area contributed by atoms with Crippen LogP contribution in [0.5, 0.6) is 5.75 Å². The number of carbonyl (C=O) groups excluding carboxylic acids is 1. The molecular weight excluding hydrogens is 353 g/mol. The fraction of sp³-hybridized carbons (Fsp3) is 0.294. The number of amides is 1. The summed E-state index contributed by atoms with van der Waals surface area (Å²) >= 11 is -0.389. The molecule has 4 nitrogen and oxygen atoms in total. The topological polar surface area (TPSA) is 51.2 Å². The molecule has 0 spiro atoms. The van der Waals surface area contributed by atoms with Crippen LogP contribution >= 0.6 is 11.8 Å². The third kappa shape index (κ3) is 6.30. The highest BCUT2D eigenvalue weighted by Crippen LogP contribution is 2.37. The zero-order valence-electron chi connectivity index (χ0n) is 13.5. The lowest BCUT2D eigenvalue weighted by Gasteiger charge is -2.10. The molecule has 2 rings (SSSR count). The molecule has 0 saturated carbocycles. The molecule has 1 N–H and O–H groups in total. The van der Waals surface area contributed by atoms with Crippen LogP contribution in [-0.2, 0) is 6.42 Å². The Kier molecular flexibility index (Phi) is 6.69. The van der Waals surface area contributed by atoms with Gasteiger partial charge in [-0.3, -0.25) is 4.79 Å². The van der Waals surface area contributed by atoms with Gasteiger partial charge in [0, 0.05) is 24.5 Å². The summed E-state index contributed by atoms with van der Waals surface area (Å²) in [6, 6.07) is 10.3. The lowest BCUT2D eigenvalue weighted by atomic mass is 10.1. The van der Waals surface area contributed by atoms with Crippen molar-refractivity contribution in [2.75, 3.05) is 13.7 Å². The number of pyridine rings is 1. The molecule has 0 fully saturated rings. The first-order chi connectivity index (χ1) is 11.9.